The van der Waals surface area contributed by atoms with Crippen molar-refractivity contribution >= 4 is 12.0 Å². The highest BCUT2D eigenvalue weighted by molar-refractivity contribution is 5.83. The lowest BCUT2D eigenvalue weighted by Gasteiger charge is -2.41. The predicted octanol–water partition coefficient (Wildman–Crippen LogP) is 0.127. The van der Waals surface area contributed by atoms with Crippen LogP contribution in [0.1, 0.15) is 26.2 Å². The summed E-state index contributed by atoms with van der Waals surface area (Å²) in [7, 11) is 1.62. The van der Waals surface area contributed by atoms with Crippen LogP contribution in [0.5, 0.6) is 0 Å². The molecule has 0 radical (unpaired) electrons. The molecule has 0 aromatic rings. The number of β-amino-alcohol motifs (C(OH)–C–C–N with tert-alkyl or cyclic N) is 1. The molecule has 2 fully saturated rings. The largest absolute Gasteiger partial charge is 0.480 e. The Morgan fingerprint density at radius 3 is 2.70 bits per heavy atom. The first-order valence-corrected chi connectivity index (χ1v) is 6.88. The number of piperidine rings is 1. The average Bonchev–Trinajstić information content (AvgIpc) is 2.80. The molecule has 2 amide bonds. The van der Waals surface area contributed by atoms with Gasteiger partial charge >= 0.3 is 12.0 Å². The molecule has 0 aromatic carbocycles. The summed E-state index contributed by atoms with van der Waals surface area (Å²) in [4.78, 5) is 26.6. The van der Waals surface area contributed by atoms with E-state index < -0.39 is 18.1 Å². The molecule has 2 aliphatic rings. The van der Waals surface area contributed by atoms with Crippen molar-refractivity contribution in [3.05, 3.63) is 0 Å². The molecule has 7 nitrogen and oxygen atoms in total. The Balaban J connectivity index is 2.08. The van der Waals surface area contributed by atoms with Gasteiger partial charge in [-0.25, -0.2) is 9.59 Å². The number of carbonyl (C=O) groups excluding carboxylic acids is 1. The first-order valence-electron chi connectivity index (χ1n) is 6.88. The molecule has 0 bridgehead atoms. The molecule has 2 aliphatic heterocycles. The molecular weight excluding hydrogens is 264 g/mol. The zero-order valence-corrected chi connectivity index (χ0v) is 11.9. The van der Waals surface area contributed by atoms with E-state index in [1.54, 1.807) is 12.0 Å². The highest BCUT2D eigenvalue weighted by Gasteiger charge is 2.42. The normalized spacial score (nSPS) is 34.4. The Kier molecular flexibility index (Phi) is 4.19. The Morgan fingerprint density at radius 1 is 1.40 bits per heavy atom. The number of aliphatic hydroxyl groups is 1. The maximum Gasteiger partial charge on any atom is 0.326 e. The van der Waals surface area contributed by atoms with Crippen LogP contribution < -0.4 is 0 Å². The van der Waals surface area contributed by atoms with Crippen molar-refractivity contribution in [2.24, 2.45) is 0 Å². The number of likely N-dealkylation sites (tertiary alicyclic amines) is 2. The highest BCUT2D eigenvalue weighted by atomic mass is 16.5. The van der Waals surface area contributed by atoms with Crippen molar-refractivity contribution < 1.29 is 24.5 Å². The van der Waals surface area contributed by atoms with Crippen LogP contribution in [0, 0.1) is 0 Å². The lowest BCUT2D eigenvalue weighted by Crippen LogP contribution is -2.55. The molecule has 1 unspecified atom stereocenters. The molecule has 2 saturated heterocycles. The molecule has 7 heteroatoms. The van der Waals surface area contributed by atoms with Gasteiger partial charge in [0.2, 0.25) is 0 Å². The number of rotatable bonds is 2. The van der Waals surface area contributed by atoms with E-state index in [0.717, 1.165) is 12.8 Å². The predicted molar refractivity (Wildman–Crippen MR) is 70.4 cm³/mol. The van der Waals surface area contributed by atoms with Crippen molar-refractivity contribution in [3.8, 4) is 0 Å². The zero-order chi connectivity index (χ0) is 14.9. The Bertz CT molecular complexity index is 402. The van der Waals surface area contributed by atoms with E-state index in [1.165, 1.54) is 4.90 Å². The number of aliphatic carboxylic acids is 1. The summed E-state index contributed by atoms with van der Waals surface area (Å²) in [6, 6.07) is -1.26. The molecule has 2 N–H and O–H groups in total. The summed E-state index contributed by atoms with van der Waals surface area (Å²) in [6.45, 7) is 3.06. The van der Waals surface area contributed by atoms with Crippen molar-refractivity contribution in [2.45, 2.75) is 43.9 Å². The molecular formula is C13H22N2O5. The minimum atomic E-state index is -1.07. The summed E-state index contributed by atoms with van der Waals surface area (Å²) in [5, 5.41) is 18.8. The number of carboxylic acid groups (broad SMARTS) is 1. The van der Waals surface area contributed by atoms with Crippen LogP contribution in [0.4, 0.5) is 4.79 Å². The van der Waals surface area contributed by atoms with Crippen LogP contribution >= 0.6 is 0 Å². The number of carbonyl (C=O) groups is 2. The average molecular weight is 286 g/mol. The summed E-state index contributed by atoms with van der Waals surface area (Å²) in [5.74, 6) is -1.07. The van der Waals surface area contributed by atoms with E-state index in [9.17, 15) is 14.7 Å². The lowest BCUT2D eigenvalue weighted by molar-refractivity contribution is -0.141. The van der Waals surface area contributed by atoms with Gasteiger partial charge in [0.25, 0.3) is 0 Å². The van der Waals surface area contributed by atoms with Crippen LogP contribution in [0.25, 0.3) is 0 Å². The molecule has 20 heavy (non-hydrogen) atoms. The molecule has 0 saturated carbocycles. The minimum Gasteiger partial charge on any atom is -0.480 e. The van der Waals surface area contributed by atoms with Gasteiger partial charge in [-0.15, -0.1) is 0 Å². The van der Waals surface area contributed by atoms with Crippen LogP contribution in [0.15, 0.2) is 0 Å². The number of aliphatic hydroxyl groups excluding tert-OH is 1. The van der Waals surface area contributed by atoms with Gasteiger partial charge in [0, 0.05) is 26.6 Å². The topological polar surface area (TPSA) is 90.3 Å². The second-order valence-electron chi connectivity index (χ2n) is 5.86. The van der Waals surface area contributed by atoms with Crippen LogP contribution in [0.3, 0.4) is 0 Å². The van der Waals surface area contributed by atoms with E-state index in [4.69, 9.17) is 9.84 Å². The number of ether oxygens (including phenoxy) is 1. The van der Waals surface area contributed by atoms with Crippen LogP contribution in [0.2, 0.25) is 0 Å². The molecule has 3 atom stereocenters. The monoisotopic (exact) mass is 286 g/mol. The van der Waals surface area contributed by atoms with Gasteiger partial charge in [-0.2, -0.15) is 0 Å². The van der Waals surface area contributed by atoms with Crippen molar-refractivity contribution in [2.75, 3.05) is 26.7 Å². The van der Waals surface area contributed by atoms with Gasteiger partial charge < -0.3 is 24.7 Å². The van der Waals surface area contributed by atoms with Crippen molar-refractivity contribution in [3.63, 3.8) is 0 Å². The summed E-state index contributed by atoms with van der Waals surface area (Å²) in [6.07, 6.45) is 1.03. The summed E-state index contributed by atoms with van der Waals surface area (Å²) in [5.41, 5.74) is -0.384. The Morgan fingerprint density at radius 2 is 2.10 bits per heavy atom. The zero-order valence-electron chi connectivity index (χ0n) is 11.9. The highest BCUT2D eigenvalue weighted by Crippen LogP contribution is 2.27. The molecule has 114 valence electrons. The first-order chi connectivity index (χ1) is 9.36. The SMILES string of the molecule is COC1(C)CCCN(C(=O)N2C[C@H](O)C[C@H]2C(=O)O)C1. The standard InChI is InChI=1S/C13H22N2O5/c1-13(20-2)4-3-5-14(8-13)12(19)15-7-9(16)6-10(15)11(17)18/h9-10,16H,3-8H2,1-2H3,(H,17,18)/t9-,10+,13?/m1/s1. The van der Waals surface area contributed by atoms with E-state index in [2.05, 4.69) is 0 Å². The van der Waals surface area contributed by atoms with Crippen LogP contribution in [-0.4, -0.2) is 76.5 Å². The fraction of sp³-hybridized carbons (Fsp3) is 0.846. The molecule has 2 rings (SSSR count). The minimum absolute atomic E-state index is 0.0794. The van der Waals surface area contributed by atoms with Gasteiger partial charge in [0.15, 0.2) is 0 Å². The number of carboxylic acids is 1. The maximum absolute atomic E-state index is 12.5. The van der Waals surface area contributed by atoms with E-state index in [0.29, 0.717) is 13.1 Å². The lowest BCUT2D eigenvalue weighted by atomic mass is 9.95. The maximum atomic E-state index is 12.5. The Labute approximate surface area is 118 Å². The fourth-order valence-corrected chi connectivity index (χ4v) is 2.98. The van der Waals surface area contributed by atoms with Gasteiger partial charge in [-0.05, 0) is 19.8 Å². The summed E-state index contributed by atoms with van der Waals surface area (Å²) < 4.78 is 5.44. The third-order valence-corrected chi connectivity index (χ3v) is 4.23. The first kappa shape index (κ1) is 15.1. The smallest absolute Gasteiger partial charge is 0.326 e. The number of hydrogen-bond acceptors (Lipinski definition) is 4. The van der Waals surface area contributed by atoms with Gasteiger partial charge in [-0.3, -0.25) is 0 Å². The third kappa shape index (κ3) is 2.88. The molecule has 0 aliphatic carbocycles. The van der Waals surface area contributed by atoms with Crippen molar-refractivity contribution in [1.82, 2.24) is 9.80 Å². The number of methoxy groups -OCH3 is 1. The number of nitrogens with zero attached hydrogens (tertiary/aromatic N) is 2. The number of amides is 2. The quantitative estimate of drug-likeness (QED) is 0.753. The van der Waals surface area contributed by atoms with E-state index in [1.807, 2.05) is 6.92 Å². The third-order valence-electron chi connectivity index (χ3n) is 4.23. The van der Waals surface area contributed by atoms with Crippen LogP contribution in [-0.2, 0) is 9.53 Å². The molecule has 0 aromatic heterocycles. The molecule has 2 heterocycles. The number of hydrogen-bond donors (Lipinski definition) is 2. The van der Waals surface area contributed by atoms with E-state index in [-0.39, 0.29) is 24.6 Å². The second-order valence-corrected chi connectivity index (χ2v) is 5.86. The van der Waals surface area contributed by atoms with Gasteiger partial charge in [0.1, 0.15) is 6.04 Å². The van der Waals surface area contributed by atoms with Gasteiger partial charge in [-0.1, -0.05) is 0 Å². The Hall–Kier alpha value is -1.34. The van der Waals surface area contributed by atoms with E-state index >= 15 is 0 Å². The second kappa shape index (κ2) is 5.57. The van der Waals surface area contributed by atoms with Gasteiger partial charge in [0.05, 0.1) is 18.2 Å². The van der Waals surface area contributed by atoms with Crippen molar-refractivity contribution in [1.29, 1.82) is 0 Å². The molecule has 0 spiro atoms. The number of urea groups is 1. The fourth-order valence-electron chi connectivity index (χ4n) is 2.98. The summed E-state index contributed by atoms with van der Waals surface area (Å²) >= 11 is 0.